The second-order valence-electron chi connectivity index (χ2n) is 3.04. The molecule has 0 aliphatic carbocycles. The standard InChI is InChI=1S/C11H11NO/c1-9-2-4-10(5-3-9)8-11(13)6-7-12/h2-5H,6,8H2,1H3. The van der Waals surface area contributed by atoms with Crippen LogP contribution < -0.4 is 0 Å². The van der Waals surface area contributed by atoms with Gasteiger partial charge in [0, 0.05) is 6.42 Å². The summed E-state index contributed by atoms with van der Waals surface area (Å²) in [5.74, 6) is -0.0219. The lowest BCUT2D eigenvalue weighted by Gasteiger charge is -1.98. The maximum Gasteiger partial charge on any atom is 0.151 e. The van der Waals surface area contributed by atoms with Crippen molar-refractivity contribution in [1.82, 2.24) is 0 Å². The van der Waals surface area contributed by atoms with Gasteiger partial charge in [-0.25, -0.2) is 0 Å². The van der Waals surface area contributed by atoms with Gasteiger partial charge >= 0.3 is 0 Å². The minimum Gasteiger partial charge on any atom is -0.298 e. The Morgan fingerprint density at radius 3 is 2.54 bits per heavy atom. The van der Waals surface area contributed by atoms with Crippen molar-refractivity contribution in [3.8, 4) is 6.07 Å². The quantitative estimate of drug-likeness (QED) is 0.701. The maximum atomic E-state index is 11.1. The van der Waals surface area contributed by atoms with E-state index in [1.54, 1.807) is 0 Å². The Labute approximate surface area is 77.8 Å². The van der Waals surface area contributed by atoms with E-state index in [9.17, 15) is 4.79 Å². The Morgan fingerprint density at radius 1 is 1.38 bits per heavy atom. The molecule has 0 spiro atoms. The smallest absolute Gasteiger partial charge is 0.151 e. The third-order valence-corrected chi connectivity index (χ3v) is 1.80. The summed E-state index contributed by atoms with van der Waals surface area (Å²) in [6.07, 6.45) is 0.377. The molecule has 0 heterocycles. The predicted octanol–water partition coefficient (Wildman–Crippen LogP) is 2.02. The van der Waals surface area contributed by atoms with Gasteiger partial charge in [0.2, 0.25) is 0 Å². The average molecular weight is 173 g/mol. The fourth-order valence-corrected chi connectivity index (χ4v) is 1.08. The van der Waals surface area contributed by atoms with Crippen molar-refractivity contribution < 1.29 is 4.79 Å². The molecule has 0 aromatic heterocycles. The number of nitriles is 1. The van der Waals surface area contributed by atoms with Gasteiger partial charge in [-0.15, -0.1) is 0 Å². The summed E-state index contributed by atoms with van der Waals surface area (Å²) in [5.41, 5.74) is 2.15. The summed E-state index contributed by atoms with van der Waals surface area (Å²) >= 11 is 0. The average Bonchev–Trinajstić information content (AvgIpc) is 2.09. The number of rotatable bonds is 3. The van der Waals surface area contributed by atoms with Crippen molar-refractivity contribution in [3.05, 3.63) is 35.4 Å². The van der Waals surface area contributed by atoms with Gasteiger partial charge < -0.3 is 0 Å². The first-order chi connectivity index (χ1) is 6.22. The van der Waals surface area contributed by atoms with Gasteiger partial charge in [-0.2, -0.15) is 5.26 Å². The van der Waals surface area contributed by atoms with E-state index in [-0.39, 0.29) is 12.2 Å². The van der Waals surface area contributed by atoms with E-state index in [1.165, 1.54) is 5.56 Å². The molecule has 1 rings (SSSR count). The fraction of sp³-hybridized carbons (Fsp3) is 0.273. The Hall–Kier alpha value is -1.62. The van der Waals surface area contributed by atoms with Gasteiger partial charge in [-0.05, 0) is 12.5 Å². The molecule has 1 aromatic rings. The highest BCUT2D eigenvalue weighted by molar-refractivity contribution is 5.82. The number of carbonyl (C=O) groups excluding carboxylic acids is 1. The van der Waals surface area contributed by atoms with E-state index in [2.05, 4.69) is 0 Å². The van der Waals surface area contributed by atoms with Gasteiger partial charge in [-0.1, -0.05) is 29.8 Å². The van der Waals surface area contributed by atoms with Crippen LogP contribution in [0.25, 0.3) is 0 Å². The molecule has 0 saturated carbocycles. The van der Waals surface area contributed by atoms with E-state index >= 15 is 0 Å². The Morgan fingerprint density at radius 2 is 2.00 bits per heavy atom. The zero-order chi connectivity index (χ0) is 9.68. The first-order valence-electron chi connectivity index (χ1n) is 4.16. The zero-order valence-corrected chi connectivity index (χ0v) is 7.58. The van der Waals surface area contributed by atoms with Crippen LogP contribution in [-0.4, -0.2) is 5.78 Å². The minimum absolute atomic E-state index is 0.00781. The van der Waals surface area contributed by atoms with E-state index in [1.807, 2.05) is 37.3 Å². The first-order valence-corrected chi connectivity index (χ1v) is 4.16. The molecule has 0 bridgehead atoms. The number of nitrogens with zero attached hydrogens (tertiary/aromatic N) is 1. The lowest BCUT2D eigenvalue weighted by atomic mass is 10.1. The van der Waals surface area contributed by atoms with Gasteiger partial charge in [-0.3, -0.25) is 4.79 Å². The molecule has 2 nitrogen and oxygen atoms in total. The molecule has 0 saturated heterocycles. The predicted molar refractivity (Wildman–Crippen MR) is 50.1 cm³/mol. The summed E-state index contributed by atoms with van der Waals surface area (Å²) in [4.78, 5) is 11.1. The molecule has 1 aromatic carbocycles. The second-order valence-corrected chi connectivity index (χ2v) is 3.04. The minimum atomic E-state index is -0.0219. The van der Waals surface area contributed by atoms with Gasteiger partial charge in [0.1, 0.15) is 0 Å². The van der Waals surface area contributed by atoms with Crippen molar-refractivity contribution >= 4 is 5.78 Å². The van der Waals surface area contributed by atoms with Crippen LogP contribution in [0.3, 0.4) is 0 Å². The molecule has 0 amide bonds. The van der Waals surface area contributed by atoms with E-state index in [0.717, 1.165) is 5.56 Å². The highest BCUT2D eigenvalue weighted by Crippen LogP contribution is 2.04. The highest BCUT2D eigenvalue weighted by Gasteiger charge is 2.01. The molecule has 0 aliphatic heterocycles. The van der Waals surface area contributed by atoms with E-state index in [4.69, 9.17) is 5.26 Å². The maximum absolute atomic E-state index is 11.1. The largest absolute Gasteiger partial charge is 0.298 e. The number of benzene rings is 1. The topological polar surface area (TPSA) is 40.9 Å². The Balaban J connectivity index is 2.60. The van der Waals surface area contributed by atoms with Crippen LogP contribution in [-0.2, 0) is 11.2 Å². The fourth-order valence-electron chi connectivity index (χ4n) is 1.08. The lowest BCUT2D eigenvalue weighted by molar-refractivity contribution is -0.117. The van der Waals surface area contributed by atoms with Gasteiger partial charge in [0.15, 0.2) is 5.78 Å². The number of hydrogen-bond acceptors (Lipinski definition) is 2. The van der Waals surface area contributed by atoms with Gasteiger partial charge in [0.25, 0.3) is 0 Å². The summed E-state index contributed by atoms with van der Waals surface area (Å²) < 4.78 is 0. The summed E-state index contributed by atoms with van der Waals surface area (Å²) in [7, 11) is 0. The third-order valence-electron chi connectivity index (χ3n) is 1.80. The van der Waals surface area contributed by atoms with Crippen LogP contribution in [0.1, 0.15) is 17.5 Å². The van der Waals surface area contributed by atoms with Crippen molar-refractivity contribution in [2.75, 3.05) is 0 Å². The SMILES string of the molecule is Cc1ccc(CC(=O)CC#N)cc1. The molecule has 0 radical (unpaired) electrons. The first kappa shape index (κ1) is 9.47. The van der Waals surface area contributed by atoms with Crippen molar-refractivity contribution in [3.63, 3.8) is 0 Å². The van der Waals surface area contributed by atoms with Crippen LogP contribution >= 0.6 is 0 Å². The summed E-state index contributed by atoms with van der Waals surface area (Å²) in [6.45, 7) is 2.00. The number of Topliss-reactive ketones (excluding diaryl/α,β-unsaturated/α-hetero) is 1. The van der Waals surface area contributed by atoms with Crippen molar-refractivity contribution in [1.29, 1.82) is 5.26 Å². The second kappa shape index (κ2) is 4.42. The summed E-state index contributed by atoms with van der Waals surface area (Å²) in [5, 5.41) is 8.29. The number of aryl methyl sites for hydroxylation is 1. The Kier molecular flexibility index (Phi) is 3.22. The molecule has 66 valence electrons. The molecule has 0 unspecified atom stereocenters. The van der Waals surface area contributed by atoms with Crippen LogP contribution in [0, 0.1) is 18.3 Å². The normalized spacial score (nSPS) is 9.23. The highest BCUT2D eigenvalue weighted by atomic mass is 16.1. The van der Waals surface area contributed by atoms with Crippen molar-refractivity contribution in [2.24, 2.45) is 0 Å². The van der Waals surface area contributed by atoms with Crippen LogP contribution in [0.5, 0.6) is 0 Å². The van der Waals surface area contributed by atoms with Crippen LogP contribution in [0.4, 0.5) is 0 Å². The number of hydrogen-bond donors (Lipinski definition) is 0. The molecule has 2 heteroatoms. The molecule has 0 N–H and O–H groups in total. The van der Waals surface area contributed by atoms with Crippen molar-refractivity contribution in [2.45, 2.75) is 19.8 Å². The monoisotopic (exact) mass is 173 g/mol. The van der Waals surface area contributed by atoms with Crippen LogP contribution in [0.2, 0.25) is 0 Å². The molecule has 0 atom stereocenters. The van der Waals surface area contributed by atoms with E-state index < -0.39 is 0 Å². The molecule has 0 fully saturated rings. The molecule has 0 aliphatic rings. The molecular weight excluding hydrogens is 162 g/mol. The molecular formula is C11H11NO. The summed E-state index contributed by atoms with van der Waals surface area (Å²) in [6, 6.07) is 9.63. The number of ketones is 1. The van der Waals surface area contributed by atoms with Gasteiger partial charge in [0.05, 0.1) is 12.5 Å². The molecule has 13 heavy (non-hydrogen) atoms. The zero-order valence-electron chi connectivity index (χ0n) is 7.58. The lowest BCUT2D eigenvalue weighted by Crippen LogP contribution is -2.00. The van der Waals surface area contributed by atoms with E-state index in [0.29, 0.717) is 6.42 Å². The third kappa shape index (κ3) is 3.08. The van der Waals surface area contributed by atoms with Crippen LogP contribution in [0.15, 0.2) is 24.3 Å². The Bertz CT molecular complexity index is 332. The number of carbonyl (C=O) groups is 1.